The van der Waals surface area contributed by atoms with E-state index in [1.807, 2.05) is 0 Å². The number of carbonyl (C=O) groups excluding carboxylic acids is 2. The van der Waals surface area contributed by atoms with Gasteiger partial charge in [-0.1, -0.05) is 12.1 Å². The molecule has 4 nitrogen and oxygen atoms in total. The minimum Gasteiger partial charge on any atom is -0.466 e. The van der Waals surface area contributed by atoms with E-state index in [0.717, 1.165) is 36.4 Å². The summed E-state index contributed by atoms with van der Waals surface area (Å²) in [5, 5.41) is 0. The van der Waals surface area contributed by atoms with Gasteiger partial charge in [-0.3, -0.25) is 9.59 Å². The second-order valence-corrected chi connectivity index (χ2v) is 7.25. The van der Waals surface area contributed by atoms with Gasteiger partial charge in [0.1, 0.15) is 0 Å². The molecule has 0 atom stereocenters. The molecule has 10 heteroatoms. The Kier molecular flexibility index (Phi) is 8.16. The van der Waals surface area contributed by atoms with Crippen LogP contribution in [0.5, 0.6) is 0 Å². The number of ether oxygens (including phenoxy) is 1. The quantitative estimate of drug-likeness (QED) is 0.372. The van der Waals surface area contributed by atoms with Crippen LogP contribution in [0.2, 0.25) is 0 Å². The van der Waals surface area contributed by atoms with Gasteiger partial charge in [-0.15, -0.1) is 0 Å². The van der Waals surface area contributed by atoms with E-state index in [9.17, 15) is 35.9 Å². The zero-order chi connectivity index (χ0) is 25.0. The molecular weight excluding hydrogens is 452 g/mol. The number of carbonyl (C=O) groups is 2. The molecule has 33 heavy (non-hydrogen) atoms. The number of rotatable bonds is 7. The minimum atomic E-state index is -4.77. The monoisotopic (exact) mass is 475 g/mol. The second kappa shape index (κ2) is 10.3. The van der Waals surface area contributed by atoms with Crippen LogP contribution in [-0.4, -0.2) is 29.9 Å². The second-order valence-electron chi connectivity index (χ2n) is 7.25. The Bertz CT molecular complexity index is 997. The van der Waals surface area contributed by atoms with E-state index in [1.54, 1.807) is 13.8 Å². The van der Waals surface area contributed by atoms with Crippen molar-refractivity contribution in [2.75, 3.05) is 13.2 Å². The van der Waals surface area contributed by atoms with Gasteiger partial charge in [0.2, 0.25) is 5.91 Å². The molecule has 0 unspecified atom stereocenters. The molecular formula is C23H23F6NO3. The molecule has 0 heterocycles. The first-order chi connectivity index (χ1) is 15.3. The average Bonchev–Trinajstić information content (AvgIpc) is 2.71. The summed E-state index contributed by atoms with van der Waals surface area (Å²) < 4.78 is 84.7. The first-order valence-corrected chi connectivity index (χ1v) is 10.1. The molecule has 0 aliphatic carbocycles. The van der Waals surface area contributed by atoms with E-state index >= 15 is 0 Å². The Morgan fingerprint density at radius 1 is 0.909 bits per heavy atom. The van der Waals surface area contributed by atoms with Crippen molar-refractivity contribution in [1.82, 2.24) is 4.90 Å². The van der Waals surface area contributed by atoms with Gasteiger partial charge in [0, 0.05) is 20.0 Å². The molecule has 180 valence electrons. The molecule has 1 amide bonds. The number of alkyl halides is 6. The van der Waals surface area contributed by atoms with Crippen LogP contribution >= 0.6 is 0 Å². The molecule has 0 bridgehead atoms. The molecule has 0 saturated heterocycles. The molecule has 0 saturated carbocycles. The highest BCUT2D eigenvalue weighted by Gasteiger charge is 2.34. The maximum absolute atomic E-state index is 13.6. The number of hydrogen-bond donors (Lipinski definition) is 0. The highest BCUT2D eigenvalue weighted by Crippen LogP contribution is 2.38. The van der Waals surface area contributed by atoms with Crippen LogP contribution in [0.3, 0.4) is 0 Å². The zero-order valence-corrected chi connectivity index (χ0v) is 18.2. The first kappa shape index (κ1) is 26.2. The Balaban J connectivity index is 2.76. The molecule has 0 aliphatic heterocycles. The van der Waals surface area contributed by atoms with Crippen molar-refractivity contribution < 1.29 is 40.7 Å². The summed E-state index contributed by atoms with van der Waals surface area (Å²) in [7, 11) is 0. The van der Waals surface area contributed by atoms with Gasteiger partial charge in [-0.2, -0.15) is 26.3 Å². The minimum absolute atomic E-state index is 0.0159. The van der Waals surface area contributed by atoms with Crippen LogP contribution in [0.4, 0.5) is 26.3 Å². The van der Waals surface area contributed by atoms with Crippen molar-refractivity contribution in [1.29, 1.82) is 0 Å². The van der Waals surface area contributed by atoms with Crippen molar-refractivity contribution in [2.24, 2.45) is 0 Å². The lowest BCUT2D eigenvalue weighted by Crippen LogP contribution is -2.29. The number of benzene rings is 2. The van der Waals surface area contributed by atoms with E-state index in [0.29, 0.717) is 0 Å². The van der Waals surface area contributed by atoms with Crippen LogP contribution in [0.25, 0.3) is 11.1 Å². The Morgan fingerprint density at radius 2 is 1.48 bits per heavy atom. The number of halogens is 6. The fourth-order valence-electron chi connectivity index (χ4n) is 3.34. The van der Waals surface area contributed by atoms with Crippen LogP contribution in [-0.2, 0) is 39.6 Å². The van der Waals surface area contributed by atoms with Crippen LogP contribution < -0.4 is 0 Å². The molecule has 0 aromatic heterocycles. The van der Waals surface area contributed by atoms with Crippen LogP contribution in [0.1, 0.15) is 43.0 Å². The summed E-state index contributed by atoms with van der Waals surface area (Å²) >= 11 is 0. The Morgan fingerprint density at radius 3 is 1.94 bits per heavy atom. The number of nitrogens with zero attached hydrogens (tertiary/aromatic N) is 1. The Labute approximate surface area is 187 Å². The van der Waals surface area contributed by atoms with Crippen molar-refractivity contribution in [3.8, 4) is 11.1 Å². The van der Waals surface area contributed by atoms with Crippen molar-refractivity contribution >= 4 is 11.9 Å². The molecule has 0 N–H and O–H groups in total. The van der Waals surface area contributed by atoms with E-state index in [-0.39, 0.29) is 47.9 Å². The highest BCUT2D eigenvalue weighted by molar-refractivity contribution is 5.78. The number of esters is 1. The van der Waals surface area contributed by atoms with Crippen molar-refractivity contribution in [2.45, 2.75) is 46.1 Å². The maximum atomic E-state index is 13.6. The van der Waals surface area contributed by atoms with Crippen molar-refractivity contribution in [3.63, 3.8) is 0 Å². The molecule has 0 fully saturated rings. The van der Waals surface area contributed by atoms with Gasteiger partial charge in [-0.25, -0.2) is 0 Å². The summed E-state index contributed by atoms with van der Waals surface area (Å²) in [5.74, 6) is -1.11. The topological polar surface area (TPSA) is 46.6 Å². The van der Waals surface area contributed by atoms with E-state index in [2.05, 4.69) is 0 Å². The summed E-state index contributed by atoms with van der Waals surface area (Å²) in [4.78, 5) is 25.4. The SMILES string of the molecule is CCOC(=O)Cc1cc(C(F)(F)F)cc(-c2ccc(C(F)(F)F)cc2)c1CN(CC)C(C)=O. The summed E-state index contributed by atoms with van der Waals surface area (Å²) in [6, 6.07) is 5.31. The molecule has 2 aromatic carbocycles. The van der Waals surface area contributed by atoms with Gasteiger partial charge in [0.25, 0.3) is 0 Å². The molecule has 2 rings (SSSR count). The lowest BCUT2D eigenvalue weighted by molar-refractivity contribution is -0.142. The molecule has 2 aromatic rings. The molecule has 0 spiro atoms. The summed E-state index contributed by atoms with van der Waals surface area (Å²) in [6.45, 7) is 4.64. The smallest absolute Gasteiger partial charge is 0.416 e. The number of hydrogen-bond acceptors (Lipinski definition) is 3. The predicted octanol–water partition coefficient (Wildman–Crippen LogP) is 5.87. The fraction of sp³-hybridized carbons (Fsp3) is 0.391. The third-order valence-corrected chi connectivity index (χ3v) is 5.01. The third kappa shape index (κ3) is 6.72. The Hall–Kier alpha value is -3.04. The molecule has 0 aliphatic rings. The average molecular weight is 475 g/mol. The normalized spacial score (nSPS) is 11.9. The fourth-order valence-corrected chi connectivity index (χ4v) is 3.34. The summed E-state index contributed by atoms with van der Waals surface area (Å²) in [5.41, 5.74) is -1.73. The van der Waals surface area contributed by atoms with Gasteiger partial charge in [-0.05, 0) is 60.4 Å². The van der Waals surface area contributed by atoms with Gasteiger partial charge in [0.15, 0.2) is 0 Å². The van der Waals surface area contributed by atoms with Crippen LogP contribution in [0, 0.1) is 0 Å². The lowest BCUT2D eigenvalue weighted by atomic mass is 9.90. The largest absolute Gasteiger partial charge is 0.466 e. The van der Waals surface area contributed by atoms with E-state index < -0.39 is 35.9 Å². The standard InChI is InChI=1S/C23H23F6NO3/c1-4-30(14(3)31)13-20-16(11-21(32)33-5-2)10-18(23(27,28)29)12-19(20)15-6-8-17(9-7-15)22(24,25)26/h6-10,12H,4-5,11,13H2,1-3H3. The van der Waals surface area contributed by atoms with E-state index in [4.69, 9.17) is 4.74 Å². The van der Waals surface area contributed by atoms with Gasteiger partial charge in [0.05, 0.1) is 24.2 Å². The van der Waals surface area contributed by atoms with Gasteiger partial charge < -0.3 is 9.64 Å². The van der Waals surface area contributed by atoms with E-state index in [1.165, 1.54) is 11.8 Å². The summed E-state index contributed by atoms with van der Waals surface area (Å²) in [6.07, 6.45) is -9.87. The molecule has 0 radical (unpaired) electrons. The number of amides is 1. The first-order valence-electron chi connectivity index (χ1n) is 10.1. The predicted molar refractivity (Wildman–Crippen MR) is 109 cm³/mol. The highest BCUT2D eigenvalue weighted by atomic mass is 19.4. The van der Waals surface area contributed by atoms with Crippen molar-refractivity contribution in [3.05, 3.63) is 58.7 Å². The zero-order valence-electron chi connectivity index (χ0n) is 18.2. The van der Waals surface area contributed by atoms with Gasteiger partial charge >= 0.3 is 18.3 Å². The maximum Gasteiger partial charge on any atom is 0.416 e. The lowest BCUT2D eigenvalue weighted by Gasteiger charge is -2.25. The van der Waals surface area contributed by atoms with Crippen LogP contribution in [0.15, 0.2) is 36.4 Å². The third-order valence-electron chi connectivity index (χ3n) is 5.01.